The number of aliphatic imine (C=N–C) groups is 2. The van der Waals surface area contributed by atoms with E-state index in [0.717, 1.165) is 10.8 Å². The monoisotopic (exact) mass is 419 g/mol. The van der Waals surface area contributed by atoms with Gasteiger partial charge >= 0.3 is 0 Å². The molecule has 0 radical (unpaired) electrons. The molecule has 0 aliphatic heterocycles. The molecule has 3 aromatic heterocycles. The third kappa shape index (κ3) is 3.99. The smallest absolute Gasteiger partial charge is 0.154 e. The average Bonchev–Trinajstić information content (AvgIpc) is 2.82. The molecular formula is C25H17N5O2. The van der Waals surface area contributed by atoms with Crippen molar-refractivity contribution >= 4 is 45.9 Å². The van der Waals surface area contributed by atoms with Crippen molar-refractivity contribution in [1.82, 2.24) is 15.0 Å². The van der Waals surface area contributed by atoms with Crippen LogP contribution in [0.2, 0.25) is 0 Å². The largest absolute Gasteiger partial charge is 0.506 e. The summed E-state index contributed by atoms with van der Waals surface area (Å²) in [6.07, 6.45) is 3.19. The number of nitrogens with zero attached hydrogens (tertiary/aromatic N) is 5. The van der Waals surface area contributed by atoms with Crippen LogP contribution in [-0.4, -0.2) is 37.6 Å². The van der Waals surface area contributed by atoms with Gasteiger partial charge in [-0.05, 0) is 36.4 Å². The molecule has 5 rings (SSSR count). The highest BCUT2D eigenvalue weighted by Crippen LogP contribution is 2.23. The Balaban J connectivity index is 1.38. The number of aromatic nitrogens is 3. The number of pyridine rings is 3. The Morgan fingerprint density at radius 3 is 1.50 bits per heavy atom. The first kappa shape index (κ1) is 19.3. The molecule has 0 fully saturated rings. The van der Waals surface area contributed by atoms with Crippen molar-refractivity contribution in [2.75, 3.05) is 0 Å². The van der Waals surface area contributed by atoms with Gasteiger partial charge in [-0.2, -0.15) is 0 Å². The quantitative estimate of drug-likeness (QED) is 0.395. The van der Waals surface area contributed by atoms with E-state index in [1.54, 1.807) is 48.8 Å². The number of fused-ring (bicyclic) bond motifs is 2. The molecule has 2 aromatic carbocycles. The zero-order chi connectivity index (χ0) is 21.9. The van der Waals surface area contributed by atoms with Gasteiger partial charge in [-0.15, -0.1) is 0 Å². The molecule has 7 nitrogen and oxygen atoms in total. The second kappa shape index (κ2) is 8.23. The number of benzene rings is 2. The van der Waals surface area contributed by atoms with Gasteiger partial charge in [0.05, 0.1) is 23.8 Å². The van der Waals surface area contributed by atoms with Crippen LogP contribution in [0.4, 0.5) is 11.6 Å². The molecule has 32 heavy (non-hydrogen) atoms. The summed E-state index contributed by atoms with van der Waals surface area (Å²) in [5.41, 5.74) is 2.26. The van der Waals surface area contributed by atoms with Crippen LogP contribution in [-0.2, 0) is 0 Å². The number of rotatable bonds is 4. The summed E-state index contributed by atoms with van der Waals surface area (Å²) in [7, 11) is 0. The third-order valence-electron chi connectivity index (χ3n) is 4.82. The lowest BCUT2D eigenvalue weighted by molar-refractivity contribution is 0.480. The SMILES string of the molecule is Oc1cccc2ccc(C=Nc3cccc(/N=C/c4ccc5cccc(O)c5n4)n3)nc12. The van der Waals surface area contributed by atoms with Crippen molar-refractivity contribution in [3.63, 3.8) is 0 Å². The number of phenolic OH excluding ortho intramolecular Hbond substituents is 2. The summed E-state index contributed by atoms with van der Waals surface area (Å²) in [6.45, 7) is 0. The molecule has 0 atom stereocenters. The molecule has 0 saturated heterocycles. The Bertz CT molecular complexity index is 1400. The zero-order valence-corrected chi connectivity index (χ0v) is 16.8. The second-order valence-corrected chi connectivity index (χ2v) is 7.04. The molecule has 5 aromatic rings. The summed E-state index contributed by atoms with van der Waals surface area (Å²) in [4.78, 5) is 22.0. The maximum absolute atomic E-state index is 9.99. The minimum atomic E-state index is 0.128. The number of hydrogen-bond acceptors (Lipinski definition) is 7. The van der Waals surface area contributed by atoms with E-state index in [0.29, 0.717) is 34.1 Å². The summed E-state index contributed by atoms with van der Waals surface area (Å²) in [5, 5.41) is 21.7. The van der Waals surface area contributed by atoms with E-state index in [2.05, 4.69) is 24.9 Å². The molecule has 0 amide bonds. The standard InChI is InChI=1S/C25H17N5O2/c31-20-6-1-4-16-10-12-18(28-24(16)20)14-26-22-8-3-9-23(30-22)27-15-19-13-11-17-5-2-7-21(32)25(17)29-19/h1-15,31-32H/b26-14+,27-15?. The molecule has 0 aliphatic carbocycles. The molecule has 2 N–H and O–H groups in total. The van der Waals surface area contributed by atoms with Gasteiger partial charge in [-0.3, -0.25) is 0 Å². The summed E-state index contributed by atoms with van der Waals surface area (Å²) < 4.78 is 0. The van der Waals surface area contributed by atoms with Crippen molar-refractivity contribution in [3.8, 4) is 11.5 Å². The number of hydrogen-bond donors (Lipinski definition) is 2. The molecule has 0 spiro atoms. The van der Waals surface area contributed by atoms with Gasteiger partial charge in [0.25, 0.3) is 0 Å². The van der Waals surface area contributed by atoms with Gasteiger partial charge in [0.2, 0.25) is 0 Å². The van der Waals surface area contributed by atoms with Crippen LogP contribution in [0.15, 0.2) is 88.8 Å². The number of para-hydroxylation sites is 2. The lowest BCUT2D eigenvalue weighted by Gasteiger charge is -2.01. The lowest BCUT2D eigenvalue weighted by Crippen LogP contribution is -1.89. The van der Waals surface area contributed by atoms with Gasteiger partial charge in [0.15, 0.2) is 11.6 Å². The van der Waals surface area contributed by atoms with Crippen molar-refractivity contribution in [2.24, 2.45) is 9.98 Å². The van der Waals surface area contributed by atoms with Gasteiger partial charge < -0.3 is 10.2 Å². The number of aromatic hydroxyl groups is 2. The first-order valence-electron chi connectivity index (χ1n) is 9.88. The minimum Gasteiger partial charge on any atom is -0.506 e. The molecule has 0 unspecified atom stereocenters. The van der Waals surface area contributed by atoms with Gasteiger partial charge in [0, 0.05) is 10.8 Å². The van der Waals surface area contributed by atoms with Crippen LogP contribution in [0.25, 0.3) is 21.8 Å². The van der Waals surface area contributed by atoms with Crippen molar-refractivity contribution in [2.45, 2.75) is 0 Å². The van der Waals surface area contributed by atoms with Crippen LogP contribution in [0.3, 0.4) is 0 Å². The summed E-state index contributed by atoms with van der Waals surface area (Å²) in [6, 6.07) is 23.3. The normalized spacial score (nSPS) is 11.8. The minimum absolute atomic E-state index is 0.128. The van der Waals surface area contributed by atoms with E-state index in [1.165, 1.54) is 0 Å². The van der Waals surface area contributed by atoms with Crippen LogP contribution >= 0.6 is 0 Å². The van der Waals surface area contributed by atoms with Gasteiger partial charge in [-0.25, -0.2) is 24.9 Å². The van der Waals surface area contributed by atoms with Crippen LogP contribution < -0.4 is 0 Å². The fraction of sp³-hybridized carbons (Fsp3) is 0. The Labute approximate surface area is 183 Å². The molecule has 7 heteroatoms. The highest BCUT2D eigenvalue weighted by molar-refractivity contribution is 5.90. The lowest BCUT2D eigenvalue weighted by atomic mass is 10.2. The Kier molecular flexibility index (Phi) is 4.97. The zero-order valence-electron chi connectivity index (χ0n) is 16.8. The molecule has 0 aliphatic rings. The topological polar surface area (TPSA) is 104 Å². The fourth-order valence-electron chi connectivity index (χ4n) is 3.26. The first-order valence-corrected chi connectivity index (χ1v) is 9.88. The third-order valence-corrected chi connectivity index (χ3v) is 4.82. The molecule has 154 valence electrons. The molecule has 0 bridgehead atoms. The maximum Gasteiger partial charge on any atom is 0.154 e. The Morgan fingerprint density at radius 1 is 0.531 bits per heavy atom. The van der Waals surface area contributed by atoms with Crippen LogP contribution in [0.1, 0.15) is 11.4 Å². The summed E-state index contributed by atoms with van der Waals surface area (Å²) in [5.74, 6) is 1.21. The predicted molar refractivity (Wildman–Crippen MR) is 126 cm³/mol. The number of phenols is 2. The van der Waals surface area contributed by atoms with E-state index in [1.807, 2.05) is 42.5 Å². The van der Waals surface area contributed by atoms with E-state index in [4.69, 9.17) is 0 Å². The van der Waals surface area contributed by atoms with Crippen molar-refractivity contribution in [3.05, 3.63) is 90.3 Å². The molecule has 3 heterocycles. The van der Waals surface area contributed by atoms with E-state index >= 15 is 0 Å². The Hall–Kier alpha value is -4.65. The fourth-order valence-corrected chi connectivity index (χ4v) is 3.26. The molecule has 0 saturated carbocycles. The Morgan fingerprint density at radius 2 is 1.00 bits per heavy atom. The highest BCUT2D eigenvalue weighted by Gasteiger charge is 2.03. The van der Waals surface area contributed by atoms with E-state index in [-0.39, 0.29) is 11.5 Å². The second-order valence-electron chi connectivity index (χ2n) is 7.04. The molecular weight excluding hydrogens is 402 g/mol. The highest BCUT2D eigenvalue weighted by atomic mass is 16.3. The van der Waals surface area contributed by atoms with E-state index in [9.17, 15) is 10.2 Å². The van der Waals surface area contributed by atoms with E-state index < -0.39 is 0 Å². The van der Waals surface area contributed by atoms with Crippen LogP contribution in [0, 0.1) is 0 Å². The van der Waals surface area contributed by atoms with Crippen molar-refractivity contribution in [1.29, 1.82) is 0 Å². The average molecular weight is 419 g/mol. The van der Waals surface area contributed by atoms with Gasteiger partial charge in [0.1, 0.15) is 22.5 Å². The summed E-state index contributed by atoms with van der Waals surface area (Å²) >= 11 is 0. The van der Waals surface area contributed by atoms with Gasteiger partial charge in [-0.1, -0.05) is 42.5 Å². The van der Waals surface area contributed by atoms with Crippen LogP contribution in [0.5, 0.6) is 11.5 Å². The predicted octanol–water partition coefficient (Wildman–Crippen LogP) is 5.09. The van der Waals surface area contributed by atoms with Crippen molar-refractivity contribution < 1.29 is 10.2 Å². The maximum atomic E-state index is 9.99. The first-order chi connectivity index (χ1) is 15.7.